The van der Waals surface area contributed by atoms with Crippen molar-refractivity contribution < 1.29 is 4.79 Å². The van der Waals surface area contributed by atoms with E-state index in [1.165, 1.54) is 18.5 Å². The summed E-state index contributed by atoms with van der Waals surface area (Å²) in [5.74, 6) is 0.201. The van der Waals surface area contributed by atoms with E-state index in [4.69, 9.17) is 23.2 Å². The van der Waals surface area contributed by atoms with E-state index >= 15 is 0 Å². The van der Waals surface area contributed by atoms with Crippen LogP contribution < -0.4 is 9.80 Å². The topological polar surface area (TPSA) is 26.8 Å². The fourth-order valence-corrected chi connectivity index (χ4v) is 4.72. The van der Waals surface area contributed by atoms with Crippen molar-refractivity contribution in [2.45, 2.75) is 37.9 Å². The van der Waals surface area contributed by atoms with Gasteiger partial charge in [0.05, 0.1) is 17.4 Å². The van der Waals surface area contributed by atoms with Crippen molar-refractivity contribution in [3.8, 4) is 0 Å². The molecular formula is C22H23Cl2N3O. The highest BCUT2D eigenvalue weighted by molar-refractivity contribution is 6.33. The summed E-state index contributed by atoms with van der Waals surface area (Å²) in [5, 5.41) is 1.37. The number of fused-ring (bicyclic) bond motifs is 1. The number of likely N-dealkylation sites (tertiary alicyclic amines) is 1. The van der Waals surface area contributed by atoms with Gasteiger partial charge < -0.3 is 9.80 Å². The molecule has 6 heteroatoms. The van der Waals surface area contributed by atoms with Gasteiger partial charge in [-0.3, -0.25) is 9.69 Å². The SMILES string of the molecule is O=C(C1CCN1Cc1cc(Cl)ccc1Cl)N1CCN(C2CC2)c2ccccc21. The molecule has 1 atom stereocenters. The molecule has 2 aromatic rings. The Labute approximate surface area is 175 Å². The van der Waals surface area contributed by atoms with Gasteiger partial charge in [0.1, 0.15) is 0 Å². The maximum Gasteiger partial charge on any atom is 0.244 e. The molecule has 28 heavy (non-hydrogen) atoms. The molecule has 146 valence electrons. The van der Waals surface area contributed by atoms with Crippen LogP contribution >= 0.6 is 23.2 Å². The third-order valence-electron chi connectivity index (χ3n) is 6.10. The van der Waals surface area contributed by atoms with Crippen LogP contribution in [0.4, 0.5) is 11.4 Å². The standard InChI is InChI=1S/C22H23Cl2N3O/c23-16-5-8-18(24)15(13-16)14-25-10-9-21(25)22(28)27-12-11-26(17-6-7-17)19-3-1-2-4-20(19)27/h1-5,8,13,17,21H,6-7,9-12,14H2. The van der Waals surface area contributed by atoms with Crippen LogP contribution in [0, 0.1) is 0 Å². The molecule has 3 aliphatic rings. The van der Waals surface area contributed by atoms with E-state index in [9.17, 15) is 4.79 Å². The van der Waals surface area contributed by atoms with Crippen molar-refractivity contribution in [3.05, 3.63) is 58.1 Å². The van der Waals surface area contributed by atoms with Gasteiger partial charge >= 0.3 is 0 Å². The van der Waals surface area contributed by atoms with E-state index in [2.05, 4.69) is 28.0 Å². The Bertz CT molecular complexity index is 914. The van der Waals surface area contributed by atoms with E-state index in [1.807, 2.05) is 23.1 Å². The van der Waals surface area contributed by atoms with Crippen molar-refractivity contribution in [1.29, 1.82) is 0 Å². The first-order valence-electron chi connectivity index (χ1n) is 9.97. The molecule has 0 bridgehead atoms. The average molecular weight is 416 g/mol. The van der Waals surface area contributed by atoms with Crippen LogP contribution in [0.2, 0.25) is 10.0 Å². The number of hydrogen-bond acceptors (Lipinski definition) is 3. The van der Waals surface area contributed by atoms with Crippen molar-refractivity contribution in [2.24, 2.45) is 0 Å². The Morgan fingerprint density at radius 3 is 2.46 bits per heavy atom. The van der Waals surface area contributed by atoms with Crippen LogP contribution in [0.25, 0.3) is 0 Å². The minimum absolute atomic E-state index is 0.0874. The zero-order valence-electron chi connectivity index (χ0n) is 15.7. The normalized spacial score (nSPS) is 22.0. The Kier molecular flexibility index (Phi) is 4.74. The first-order chi connectivity index (χ1) is 13.6. The quantitative estimate of drug-likeness (QED) is 0.730. The molecule has 1 amide bonds. The second-order valence-corrected chi connectivity index (χ2v) is 8.76. The Morgan fingerprint density at radius 2 is 1.75 bits per heavy atom. The Balaban J connectivity index is 1.35. The fraction of sp³-hybridized carbons (Fsp3) is 0.409. The van der Waals surface area contributed by atoms with E-state index in [0.717, 1.165) is 37.3 Å². The highest BCUT2D eigenvalue weighted by Crippen LogP contribution is 2.40. The van der Waals surface area contributed by atoms with Crippen molar-refractivity contribution in [3.63, 3.8) is 0 Å². The lowest BCUT2D eigenvalue weighted by atomic mass is 9.99. The predicted octanol–water partition coefficient (Wildman–Crippen LogP) is 4.58. The number of rotatable bonds is 4. The molecule has 1 saturated carbocycles. The van der Waals surface area contributed by atoms with Crippen molar-refractivity contribution in [1.82, 2.24) is 4.90 Å². The van der Waals surface area contributed by atoms with Gasteiger partial charge in [-0.15, -0.1) is 0 Å². The molecule has 1 aliphatic carbocycles. The second-order valence-electron chi connectivity index (χ2n) is 7.91. The van der Waals surface area contributed by atoms with Crippen molar-refractivity contribution in [2.75, 3.05) is 29.4 Å². The lowest BCUT2D eigenvalue weighted by Crippen LogP contribution is -2.58. The van der Waals surface area contributed by atoms with Crippen molar-refractivity contribution >= 4 is 40.5 Å². The van der Waals surface area contributed by atoms with Gasteiger partial charge in [0, 0.05) is 42.3 Å². The van der Waals surface area contributed by atoms with Crippen LogP contribution in [0.3, 0.4) is 0 Å². The molecule has 2 heterocycles. The van der Waals surface area contributed by atoms with E-state index < -0.39 is 0 Å². The summed E-state index contributed by atoms with van der Waals surface area (Å²) in [4.78, 5) is 20.1. The Morgan fingerprint density at radius 1 is 0.964 bits per heavy atom. The maximum atomic E-state index is 13.4. The molecule has 4 nitrogen and oxygen atoms in total. The van der Waals surface area contributed by atoms with Crippen LogP contribution in [-0.4, -0.2) is 42.5 Å². The van der Waals surface area contributed by atoms with Gasteiger partial charge in [0.2, 0.25) is 5.91 Å². The zero-order valence-corrected chi connectivity index (χ0v) is 17.2. The molecule has 2 fully saturated rings. The lowest BCUT2D eigenvalue weighted by molar-refractivity contribution is -0.128. The van der Waals surface area contributed by atoms with E-state index in [-0.39, 0.29) is 11.9 Å². The predicted molar refractivity (Wildman–Crippen MR) is 114 cm³/mol. The summed E-state index contributed by atoms with van der Waals surface area (Å²) in [7, 11) is 0. The summed E-state index contributed by atoms with van der Waals surface area (Å²) in [6, 6.07) is 14.4. The van der Waals surface area contributed by atoms with Gasteiger partial charge in [-0.2, -0.15) is 0 Å². The molecule has 0 N–H and O–H groups in total. The number of hydrogen-bond donors (Lipinski definition) is 0. The zero-order chi connectivity index (χ0) is 19.3. The molecular weight excluding hydrogens is 393 g/mol. The van der Waals surface area contributed by atoms with Crippen LogP contribution in [0.5, 0.6) is 0 Å². The van der Waals surface area contributed by atoms with Gasteiger partial charge in [0.25, 0.3) is 0 Å². The molecule has 1 saturated heterocycles. The molecule has 2 aliphatic heterocycles. The molecule has 2 aromatic carbocycles. The molecule has 1 unspecified atom stereocenters. The van der Waals surface area contributed by atoms with Crippen LogP contribution in [0.15, 0.2) is 42.5 Å². The molecule has 0 aromatic heterocycles. The Hall–Kier alpha value is -1.75. The number of anilines is 2. The smallest absolute Gasteiger partial charge is 0.244 e. The monoisotopic (exact) mass is 415 g/mol. The van der Waals surface area contributed by atoms with Gasteiger partial charge in [-0.25, -0.2) is 0 Å². The minimum Gasteiger partial charge on any atom is -0.365 e. The molecule has 5 rings (SSSR count). The number of nitrogens with zero attached hydrogens (tertiary/aromatic N) is 3. The van der Waals surface area contributed by atoms with E-state index in [0.29, 0.717) is 22.6 Å². The number of carbonyl (C=O) groups is 1. The summed E-state index contributed by atoms with van der Waals surface area (Å²) < 4.78 is 0. The molecule has 0 spiro atoms. The third kappa shape index (κ3) is 3.28. The second kappa shape index (κ2) is 7.25. The summed E-state index contributed by atoms with van der Waals surface area (Å²) in [5.41, 5.74) is 3.23. The summed E-state index contributed by atoms with van der Waals surface area (Å²) >= 11 is 12.5. The van der Waals surface area contributed by atoms with Crippen LogP contribution in [0.1, 0.15) is 24.8 Å². The first kappa shape index (κ1) is 18.3. The maximum absolute atomic E-state index is 13.4. The largest absolute Gasteiger partial charge is 0.365 e. The first-order valence-corrected chi connectivity index (χ1v) is 10.7. The lowest BCUT2D eigenvalue weighted by Gasteiger charge is -2.45. The summed E-state index contributed by atoms with van der Waals surface area (Å²) in [6.07, 6.45) is 3.42. The number of carbonyl (C=O) groups excluding carboxylic acids is 1. The highest BCUT2D eigenvalue weighted by atomic mass is 35.5. The summed E-state index contributed by atoms with van der Waals surface area (Å²) in [6.45, 7) is 3.23. The van der Waals surface area contributed by atoms with Crippen LogP contribution in [-0.2, 0) is 11.3 Å². The van der Waals surface area contributed by atoms with Gasteiger partial charge in [-0.1, -0.05) is 35.3 Å². The van der Waals surface area contributed by atoms with Gasteiger partial charge in [0.15, 0.2) is 0 Å². The third-order valence-corrected chi connectivity index (χ3v) is 6.70. The number of halogens is 2. The minimum atomic E-state index is -0.0874. The highest BCUT2D eigenvalue weighted by Gasteiger charge is 2.41. The van der Waals surface area contributed by atoms with Gasteiger partial charge in [-0.05, 0) is 55.2 Å². The fourth-order valence-electron chi connectivity index (χ4n) is 4.35. The number of para-hydroxylation sites is 2. The molecule has 0 radical (unpaired) electrons. The number of benzene rings is 2. The average Bonchev–Trinajstić information content (AvgIpc) is 3.52. The van der Waals surface area contributed by atoms with E-state index in [1.54, 1.807) is 6.07 Å². The number of amides is 1.